The average molecular weight is 201 g/mol. The molecule has 2 atom stereocenters. The molecule has 1 aliphatic rings. The van der Waals surface area contributed by atoms with Gasteiger partial charge in [0.2, 0.25) is 0 Å². The first-order chi connectivity index (χ1) is 6.70. The smallest absolute Gasteiger partial charge is 0.252 e. The van der Waals surface area contributed by atoms with Gasteiger partial charge in [-0.05, 0) is 13.3 Å². The predicted octanol–water partition coefficient (Wildman–Crippen LogP) is 0.395. The van der Waals surface area contributed by atoms with Crippen molar-refractivity contribution in [3.8, 4) is 0 Å². The zero-order valence-electron chi connectivity index (χ0n) is 8.90. The Morgan fingerprint density at radius 3 is 3.00 bits per heavy atom. The van der Waals surface area contributed by atoms with Gasteiger partial charge in [0.15, 0.2) is 0 Å². The second kappa shape index (κ2) is 5.32. The summed E-state index contributed by atoms with van der Waals surface area (Å²) in [6, 6.07) is 0.271. The molecule has 2 unspecified atom stereocenters. The molecule has 0 saturated carbocycles. The first-order valence-corrected chi connectivity index (χ1v) is 5.23. The van der Waals surface area contributed by atoms with Crippen LogP contribution in [0, 0.1) is 0 Å². The van der Waals surface area contributed by atoms with Crippen molar-refractivity contribution in [2.75, 3.05) is 19.8 Å². The van der Waals surface area contributed by atoms with Gasteiger partial charge in [0, 0.05) is 25.6 Å². The van der Waals surface area contributed by atoms with Gasteiger partial charge in [-0.2, -0.15) is 0 Å². The van der Waals surface area contributed by atoms with Crippen LogP contribution < -0.4 is 0 Å². The van der Waals surface area contributed by atoms with Gasteiger partial charge < -0.3 is 14.7 Å². The van der Waals surface area contributed by atoms with Gasteiger partial charge in [-0.15, -0.1) is 0 Å². The Morgan fingerprint density at radius 1 is 1.71 bits per heavy atom. The summed E-state index contributed by atoms with van der Waals surface area (Å²) in [6.07, 6.45) is 0.936. The second-order valence-corrected chi connectivity index (χ2v) is 3.66. The van der Waals surface area contributed by atoms with E-state index in [0.29, 0.717) is 19.6 Å². The molecule has 1 saturated heterocycles. The Balaban J connectivity index is 2.56. The molecule has 0 aliphatic carbocycles. The molecular formula is C10H19NO3. The summed E-state index contributed by atoms with van der Waals surface area (Å²) in [4.78, 5) is 13.7. The number of hydrogen-bond donors (Lipinski definition) is 1. The van der Waals surface area contributed by atoms with E-state index in [9.17, 15) is 4.79 Å². The third kappa shape index (κ3) is 2.45. The molecule has 4 heteroatoms. The van der Waals surface area contributed by atoms with E-state index in [-0.39, 0.29) is 18.6 Å². The highest BCUT2D eigenvalue weighted by molar-refractivity contribution is 5.81. The van der Waals surface area contributed by atoms with Crippen LogP contribution >= 0.6 is 0 Å². The fourth-order valence-corrected chi connectivity index (χ4v) is 1.64. The van der Waals surface area contributed by atoms with Crippen molar-refractivity contribution >= 4 is 5.91 Å². The second-order valence-electron chi connectivity index (χ2n) is 3.66. The molecule has 1 fully saturated rings. The van der Waals surface area contributed by atoms with Crippen LogP contribution in [0.5, 0.6) is 0 Å². The lowest BCUT2D eigenvalue weighted by atomic mass is 10.1. The lowest BCUT2D eigenvalue weighted by Crippen LogP contribution is -2.51. The lowest BCUT2D eigenvalue weighted by Gasteiger charge is -2.36. The Kier molecular flexibility index (Phi) is 4.35. The number of rotatable bonds is 4. The minimum atomic E-state index is -0.428. The van der Waals surface area contributed by atoms with Crippen LogP contribution in [0.15, 0.2) is 0 Å². The minimum absolute atomic E-state index is 0.00471. The maximum atomic E-state index is 11.8. The fraction of sp³-hybridized carbons (Fsp3) is 0.900. The third-order valence-corrected chi connectivity index (χ3v) is 2.72. The molecular weight excluding hydrogens is 182 g/mol. The van der Waals surface area contributed by atoms with Crippen LogP contribution in [0.1, 0.15) is 26.7 Å². The molecule has 82 valence electrons. The average Bonchev–Trinajstić information content (AvgIpc) is 2.20. The van der Waals surface area contributed by atoms with Crippen LogP contribution in [-0.2, 0) is 9.53 Å². The zero-order chi connectivity index (χ0) is 10.6. The predicted molar refractivity (Wildman–Crippen MR) is 52.9 cm³/mol. The van der Waals surface area contributed by atoms with E-state index in [4.69, 9.17) is 9.84 Å². The van der Waals surface area contributed by atoms with Crippen molar-refractivity contribution in [3.63, 3.8) is 0 Å². The van der Waals surface area contributed by atoms with Crippen LogP contribution in [0.2, 0.25) is 0 Å². The number of carbonyl (C=O) groups excluding carboxylic acids is 1. The van der Waals surface area contributed by atoms with Crippen molar-refractivity contribution in [1.82, 2.24) is 4.90 Å². The van der Waals surface area contributed by atoms with E-state index in [0.717, 1.165) is 6.42 Å². The van der Waals surface area contributed by atoms with Crippen molar-refractivity contribution in [2.45, 2.75) is 38.8 Å². The summed E-state index contributed by atoms with van der Waals surface area (Å²) >= 11 is 0. The quantitative estimate of drug-likeness (QED) is 0.716. The van der Waals surface area contributed by atoms with Crippen molar-refractivity contribution in [2.24, 2.45) is 0 Å². The molecule has 1 N–H and O–H groups in total. The maximum Gasteiger partial charge on any atom is 0.252 e. The number of aliphatic hydroxyl groups is 1. The van der Waals surface area contributed by atoms with E-state index >= 15 is 0 Å². The Labute approximate surface area is 84.8 Å². The van der Waals surface area contributed by atoms with Crippen LogP contribution in [0.4, 0.5) is 0 Å². The summed E-state index contributed by atoms with van der Waals surface area (Å²) in [5, 5.41) is 8.77. The van der Waals surface area contributed by atoms with E-state index in [1.165, 1.54) is 0 Å². The molecule has 1 amide bonds. The van der Waals surface area contributed by atoms with Gasteiger partial charge in [-0.25, -0.2) is 0 Å². The van der Waals surface area contributed by atoms with E-state index in [2.05, 4.69) is 6.92 Å². The molecule has 14 heavy (non-hydrogen) atoms. The Morgan fingerprint density at radius 2 is 2.43 bits per heavy atom. The molecule has 1 heterocycles. The van der Waals surface area contributed by atoms with E-state index < -0.39 is 6.10 Å². The first kappa shape index (κ1) is 11.5. The number of ether oxygens (including phenoxy) is 1. The molecule has 4 nitrogen and oxygen atoms in total. The van der Waals surface area contributed by atoms with Crippen molar-refractivity contribution in [1.29, 1.82) is 0 Å². The third-order valence-electron chi connectivity index (χ3n) is 2.72. The van der Waals surface area contributed by atoms with Gasteiger partial charge in [-0.1, -0.05) is 6.92 Å². The molecule has 0 aromatic carbocycles. The fourth-order valence-electron chi connectivity index (χ4n) is 1.64. The summed E-state index contributed by atoms with van der Waals surface area (Å²) in [5.41, 5.74) is 0. The molecule has 0 bridgehead atoms. The number of nitrogens with zero attached hydrogens (tertiary/aromatic N) is 1. The molecule has 1 rings (SSSR count). The highest BCUT2D eigenvalue weighted by Gasteiger charge is 2.31. The maximum absolute atomic E-state index is 11.8. The van der Waals surface area contributed by atoms with Gasteiger partial charge in [-0.3, -0.25) is 4.79 Å². The van der Waals surface area contributed by atoms with Gasteiger partial charge in [0.05, 0.1) is 6.61 Å². The standard InChI is InChI=1S/C10H19NO3/c1-3-8(2)11-5-7-14-9(4-6-12)10(11)13/h8-9,12H,3-7H2,1-2H3. The minimum Gasteiger partial charge on any atom is -0.396 e. The van der Waals surface area contributed by atoms with Gasteiger partial charge in [0.1, 0.15) is 6.10 Å². The van der Waals surface area contributed by atoms with Crippen LogP contribution in [0.25, 0.3) is 0 Å². The summed E-state index contributed by atoms with van der Waals surface area (Å²) in [7, 11) is 0. The number of morpholine rings is 1. The number of aliphatic hydroxyl groups excluding tert-OH is 1. The van der Waals surface area contributed by atoms with Crippen molar-refractivity contribution < 1.29 is 14.6 Å². The first-order valence-electron chi connectivity index (χ1n) is 5.23. The zero-order valence-corrected chi connectivity index (χ0v) is 8.90. The summed E-state index contributed by atoms with van der Waals surface area (Å²) in [5.74, 6) is 0.0275. The monoisotopic (exact) mass is 201 g/mol. The van der Waals surface area contributed by atoms with Crippen LogP contribution in [-0.4, -0.2) is 47.8 Å². The SMILES string of the molecule is CCC(C)N1CCOC(CCO)C1=O. The Hall–Kier alpha value is -0.610. The van der Waals surface area contributed by atoms with Crippen molar-refractivity contribution in [3.05, 3.63) is 0 Å². The van der Waals surface area contributed by atoms with Crippen LogP contribution in [0.3, 0.4) is 0 Å². The molecule has 0 spiro atoms. The largest absolute Gasteiger partial charge is 0.396 e. The number of carbonyl (C=O) groups is 1. The normalized spacial score (nSPS) is 25.2. The van der Waals surface area contributed by atoms with E-state index in [1.54, 1.807) is 0 Å². The Bertz CT molecular complexity index is 194. The molecule has 0 aromatic heterocycles. The summed E-state index contributed by atoms with van der Waals surface area (Å²) in [6.45, 7) is 5.37. The topological polar surface area (TPSA) is 49.8 Å². The number of amides is 1. The molecule has 1 aliphatic heterocycles. The highest BCUT2D eigenvalue weighted by atomic mass is 16.5. The highest BCUT2D eigenvalue weighted by Crippen LogP contribution is 2.14. The van der Waals surface area contributed by atoms with Gasteiger partial charge >= 0.3 is 0 Å². The summed E-state index contributed by atoms with van der Waals surface area (Å²) < 4.78 is 5.30. The molecule has 0 aromatic rings. The van der Waals surface area contributed by atoms with Gasteiger partial charge in [0.25, 0.3) is 5.91 Å². The molecule has 0 radical (unpaired) electrons. The van der Waals surface area contributed by atoms with E-state index in [1.807, 2.05) is 11.8 Å². The number of hydrogen-bond acceptors (Lipinski definition) is 3. The lowest BCUT2D eigenvalue weighted by molar-refractivity contribution is -0.156.